The average molecular weight is 332 g/mol. The SMILES string of the molecule is CC(O)(c1ccccc1Br)C1CCCc2cccnc21. The van der Waals surface area contributed by atoms with Gasteiger partial charge in [-0.1, -0.05) is 40.2 Å². The average Bonchev–Trinajstić information content (AvgIpc) is 2.47. The van der Waals surface area contributed by atoms with Crippen LogP contribution >= 0.6 is 15.9 Å². The number of fused-ring (bicyclic) bond motifs is 1. The summed E-state index contributed by atoms with van der Waals surface area (Å²) in [6.45, 7) is 1.90. The summed E-state index contributed by atoms with van der Waals surface area (Å²) in [6.07, 6.45) is 4.96. The molecular formula is C17H18BrNO. The first kappa shape index (κ1) is 13.8. The van der Waals surface area contributed by atoms with Gasteiger partial charge in [0, 0.05) is 22.3 Å². The van der Waals surface area contributed by atoms with Crippen molar-refractivity contribution in [1.29, 1.82) is 0 Å². The largest absolute Gasteiger partial charge is 0.385 e. The lowest BCUT2D eigenvalue weighted by atomic mass is 9.73. The summed E-state index contributed by atoms with van der Waals surface area (Å²) in [7, 11) is 0. The lowest BCUT2D eigenvalue weighted by Crippen LogP contribution is -2.33. The first-order chi connectivity index (χ1) is 9.60. The van der Waals surface area contributed by atoms with Gasteiger partial charge in [-0.25, -0.2) is 0 Å². The summed E-state index contributed by atoms with van der Waals surface area (Å²) in [5.74, 6) is 0.0474. The predicted molar refractivity (Wildman–Crippen MR) is 83.6 cm³/mol. The van der Waals surface area contributed by atoms with E-state index in [-0.39, 0.29) is 5.92 Å². The zero-order chi connectivity index (χ0) is 14.2. The number of aromatic nitrogens is 1. The second-order valence-corrected chi connectivity index (χ2v) is 6.47. The number of hydrogen-bond acceptors (Lipinski definition) is 2. The highest BCUT2D eigenvalue weighted by molar-refractivity contribution is 9.10. The minimum Gasteiger partial charge on any atom is -0.385 e. The molecule has 20 heavy (non-hydrogen) atoms. The molecule has 1 aliphatic rings. The van der Waals surface area contributed by atoms with Crippen LogP contribution in [0.1, 0.15) is 42.5 Å². The molecule has 2 unspecified atom stereocenters. The molecule has 0 spiro atoms. The highest BCUT2D eigenvalue weighted by atomic mass is 79.9. The number of hydrogen-bond donors (Lipinski definition) is 1. The van der Waals surface area contributed by atoms with E-state index < -0.39 is 5.60 Å². The Kier molecular flexibility index (Phi) is 3.65. The number of aliphatic hydroxyl groups is 1. The molecule has 1 heterocycles. The van der Waals surface area contributed by atoms with Gasteiger partial charge in [0.25, 0.3) is 0 Å². The van der Waals surface area contributed by atoms with Gasteiger partial charge in [-0.2, -0.15) is 0 Å². The number of halogens is 1. The molecule has 1 aliphatic carbocycles. The summed E-state index contributed by atoms with van der Waals surface area (Å²) in [6, 6.07) is 12.0. The summed E-state index contributed by atoms with van der Waals surface area (Å²) in [5.41, 5.74) is 2.35. The fourth-order valence-electron chi connectivity index (χ4n) is 3.22. The van der Waals surface area contributed by atoms with E-state index in [2.05, 4.69) is 27.0 Å². The summed E-state index contributed by atoms with van der Waals surface area (Å²) in [4.78, 5) is 4.55. The molecule has 0 amide bonds. The third kappa shape index (κ3) is 2.29. The van der Waals surface area contributed by atoms with Crippen LogP contribution in [0.25, 0.3) is 0 Å². The first-order valence-corrected chi connectivity index (χ1v) is 7.81. The Labute approximate surface area is 128 Å². The molecule has 1 aromatic heterocycles. The van der Waals surface area contributed by atoms with E-state index in [1.807, 2.05) is 43.5 Å². The third-order valence-electron chi connectivity index (χ3n) is 4.29. The Hall–Kier alpha value is -1.19. The molecule has 0 saturated carbocycles. The molecule has 3 rings (SSSR count). The van der Waals surface area contributed by atoms with Gasteiger partial charge in [0.2, 0.25) is 0 Å². The molecular weight excluding hydrogens is 314 g/mol. The van der Waals surface area contributed by atoms with Crippen LogP contribution in [-0.2, 0) is 12.0 Å². The van der Waals surface area contributed by atoms with Gasteiger partial charge in [-0.15, -0.1) is 0 Å². The highest BCUT2D eigenvalue weighted by Crippen LogP contribution is 2.44. The van der Waals surface area contributed by atoms with Crippen LogP contribution in [0.3, 0.4) is 0 Å². The van der Waals surface area contributed by atoms with Gasteiger partial charge < -0.3 is 5.11 Å². The lowest BCUT2D eigenvalue weighted by Gasteiger charge is -2.37. The van der Waals surface area contributed by atoms with E-state index in [1.54, 1.807) is 0 Å². The zero-order valence-electron chi connectivity index (χ0n) is 11.5. The zero-order valence-corrected chi connectivity index (χ0v) is 13.1. The number of benzene rings is 1. The molecule has 0 fully saturated rings. The van der Waals surface area contributed by atoms with Crippen molar-refractivity contribution in [2.24, 2.45) is 0 Å². The van der Waals surface area contributed by atoms with Crippen LogP contribution in [0, 0.1) is 0 Å². The van der Waals surface area contributed by atoms with Crippen LogP contribution in [0.4, 0.5) is 0 Å². The maximum atomic E-state index is 11.2. The van der Waals surface area contributed by atoms with Crippen molar-refractivity contribution in [3.8, 4) is 0 Å². The van der Waals surface area contributed by atoms with Crippen molar-refractivity contribution in [2.45, 2.75) is 37.7 Å². The lowest BCUT2D eigenvalue weighted by molar-refractivity contribution is 0.0182. The van der Waals surface area contributed by atoms with Gasteiger partial charge in [0.05, 0.1) is 5.60 Å². The quantitative estimate of drug-likeness (QED) is 0.895. The van der Waals surface area contributed by atoms with E-state index in [0.717, 1.165) is 35.0 Å². The molecule has 0 bridgehead atoms. The topological polar surface area (TPSA) is 33.1 Å². The smallest absolute Gasteiger partial charge is 0.0962 e. The summed E-state index contributed by atoms with van der Waals surface area (Å²) < 4.78 is 0.952. The van der Waals surface area contributed by atoms with Crippen LogP contribution < -0.4 is 0 Å². The number of pyridine rings is 1. The number of rotatable bonds is 2. The fraction of sp³-hybridized carbons (Fsp3) is 0.353. The molecule has 0 radical (unpaired) electrons. The van der Waals surface area contributed by atoms with Crippen LogP contribution in [0.5, 0.6) is 0 Å². The third-order valence-corrected chi connectivity index (χ3v) is 4.98. The molecule has 2 aromatic rings. The molecule has 0 saturated heterocycles. The van der Waals surface area contributed by atoms with Gasteiger partial charge in [-0.3, -0.25) is 4.98 Å². The van der Waals surface area contributed by atoms with Crippen LogP contribution in [0.15, 0.2) is 47.1 Å². The van der Waals surface area contributed by atoms with Crippen molar-refractivity contribution in [1.82, 2.24) is 4.98 Å². The van der Waals surface area contributed by atoms with E-state index in [0.29, 0.717) is 0 Å². The van der Waals surface area contributed by atoms with Crippen LogP contribution in [0.2, 0.25) is 0 Å². The summed E-state index contributed by atoms with van der Waals surface area (Å²) >= 11 is 3.56. The fourth-order valence-corrected chi connectivity index (χ4v) is 3.90. The minimum absolute atomic E-state index is 0.0474. The Morgan fingerprint density at radius 1 is 1.25 bits per heavy atom. The van der Waals surface area contributed by atoms with Gasteiger partial charge in [-0.05, 0) is 49.4 Å². The van der Waals surface area contributed by atoms with E-state index in [1.165, 1.54) is 5.56 Å². The van der Waals surface area contributed by atoms with Crippen molar-refractivity contribution in [2.75, 3.05) is 0 Å². The van der Waals surface area contributed by atoms with E-state index in [9.17, 15) is 5.11 Å². The maximum absolute atomic E-state index is 11.2. The highest BCUT2D eigenvalue weighted by Gasteiger charge is 2.39. The van der Waals surface area contributed by atoms with Crippen LogP contribution in [-0.4, -0.2) is 10.1 Å². The first-order valence-electron chi connectivity index (χ1n) is 7.02. The standard InChI is InChI=1S/C17H18BrNO/c1-17(20,13-8-2-3-10-15(13)18)14-9-4-6-12-7-5-11-19-16(12)14/h2-3,5,7-8,10-11,14,20H,4,6,9H2,1H3. The molecule has 2 nitrogen and oxygen atoms in total. The maximum Gasteiger partial charge on any atom is 0.0962 e. The van der Waals surface area contributed by atoms with Crippen molar-refractivity contribution in [3.63, 3.8) is 0 Å². The molecule has 1 N–H and O–H groups in total. The molecule has 0 aliphatic heterocycles. The van der Waals surface area contributed by atoms with Crippen molar-refractivity contribution < 1.29 is 5.11 Å². The Bertz CT molecular complexity index is 624. The van der Waals surface area contributed by atoms with Crippen molar-refractivity contribution >= 4 is 15.9 Å². The Morgan fingerprint density at radius 2 is 2.05 bits per heavy atom. The second kappa shape index (κ2) is 5.30. The molecule has 3 heteroatoms. The second-order valence-electron chi connectivity index (χ2n) is 5.62. The Balaban J connectivity index is 2.07. The van der Waals surface area contributed by atoms with Crippen molar-refractivity contribution in [3.05, 3.63) is 63.9 Å². The normalized spacial score (nSPS) is 21.1. The van der Waals surface area contributed by atoms with E-state index >= 15 is 0 Å². The number of nitrogens with zero attached hydrogens (tertiary/aromatic N) is 1. The minimum atomic E-state index is -0.913. The summed E-state index contributed by atoms with van der Waals surface area (Å²) in [5, 5.41) is 11.2. The number of aryl methyl sites for hydroxylation is 1. The van der Waals surface area contributed by atoms with Gasteiger partial charge in [0.15, 0.2) is 0 Å². The monoisotopic (exact) mass is 331 g/mol. The Morgan fingerprint density at radius 3 is 2.85 bits per heavy atom. The molecule has 1 aromatic carbocycles. The predicted octanol–water partition coefficient (Wildman–Crippen LogP) is 4.17. The van der Waals surface area contributed by atoms with Gasteiger partial charge in [0.1, 0.15) is 0 Å². The van der Waals surface area contributed by atoms with E-state index in [4.69, 9.17) is 0 Å². The molecule has 104 valence electrons. The molecule has 2 atom stereocenters. The van der Waals surface area contributed by atoms with Gasteiger partial charge >= 0.3 is 0 Å².